The number of hydrogen-bond donors (Lipinski definition) is 1. The third-order valence-electron chi connectivity index (χ3n) is 2.90. The highest BCUT2D eigenvalue weighted by Crippen LogP contribution is 2.27. The van der Waals surface area contributed by atoms with E-state index in [-0.39, 0.29) is 5.92 Å². The summed E-state index contributed by atoms with van der Waals surface area (Å²) in [6.45, 7) is 0.562. The maximum absolute atomic E-state index is 6.03. The molecule has 0 saturated heterocycles. The van der Waals surface area contributed by atoms with E-state index < -0.39 is 0 Å². The second kappa shape index (κ2) is 6.19. The van der Waals surface area contributed by atoms with Crippen molar-refractivity contribution in [2.45, 2.75) is 12.3 Å². The van der Waals surface area contributed by atoms with Crippen molar-refractivity contribution in [3.63, 3.8) is 0 Å². The maximum Gasteiger partial charge on any atom is 0.0595 e. The average molecular weight is 281 g/mol. The zero-order valence-electron chi connectivity index (χ0n) is 9.81. The predicted octanol–water partition coefficient (Wildman–Crippen LogP) is 3.67. The second-order valence-corrected chi connectivity index (χ2v) is 4.99. The van der Waals surface area contributed by atoms with Crippen molar-refractivity contribution in [3.8, 4) is 0 Å². The Bertz CT molecular complexity index is 514. The molecule has 0 aliphatic carbocycles. The summed E-state index contributed by atoms with van der Waals surface area (Å²) in [7, 11) is 0. The molecule has 2 rings (SSSR count). The van der Waals surface area contributed by atoms with Crippen LogP contribution in [-0.4, -0.2) is 11.5 Å². The smallest absolute Gasteiger partial charge is 0.0595 e. The third-order valence-corrected chi connectivity index (χ3v) is 3.64. The highest BCUT2D eigenvalue weighted by molar-refractivity contribution is 6.42. The molecule has 18 heavy (non-hydrogen) atoms. The molecule has 1 aromatic carbocycles. The lowest BCUT2D eigenvalue weighted by Gasteiger charge is -2.15. The average Bonchev–Trinajstić information content (AvgIpc) is 2.40. The van der Waals surface area contributed by atoms with Crippen LogP contribution in [0.2, 0.25) is 10.0 Å². The highest BCUT2D eigenvalue weighted by Gasteiger charge is 2.12. The summed E-state index contributed by atoms with van der Waals surface area (Å²) in [6.07, 6.45) is 4.47. The lowest BCUT2D eigenvalue weighted by atomic mass is 9.93. The third kappa shape index (κ3) is 3.22. The van der Waals surface area contributed by atoms with Crippen molar-refractivity contribution in [2.24, 2.45) is 5.73 Å². The zero-order chi connectivity index (χ0) is 13.0. The minimum absolute atomic E-state index is 0.226. The van der Waals surface area contributed by atoms with E-state index in [1.165, 1.54) is 5.56 Å². The Morgan fingerprint density at radius 3 is 2.61 bits per heavy atom. The summed E-state index contributed by atoms with van der Waals surface area (Å²) in [5, 5.41) is 1.14. The number of pyridine rings is 1. The first kappa shape index (κ1) is 13.3. The number of nitrogens with two attached hydrogens (primary N) is 1. The van der Waals surface area contributed by atoms with Crippen LogP contribution in [0.3, 0.4) is 0 Å². The van der Waals surface area contributed by atoms with Crippen LogP contribution < -0.4 is 5.73 Å². The Hall–Kier alpha value is -1.09. The predicted molar refractivity (Wildman–Crippen MR) is 76.2 cm³/mol. The Morgan fingerprint density at radius 2 is 2.00 bits per heavy atom. The van der Waals surface area contributed by atoms with Gasteiger partial charge in [0.05, 0.1) is 10.0 Å². The van der Waals surface area contributed by atoms with Crippen LogP contribution in [0, 0.1) is 0 Å². The molecule has 0 aliphatic rings. The lowest BCUT2D eigenvalue weighted by molar-refractivity contribution is 0.693. The normalized spacial score (nSPS) is 12.4. The molecule has 1 heterocycles. The van der Waals surface area contributed by atoms with Crippen LogP contribution in [0.25, 0.3) is 0 Å². The van der Waals surface area contributed by atoms with E-state index in [4.69, 9.17) is 28.9 Å². The van der Waals surface area contributed by atoms with Gasteiger partial charge in [0.2, 0.25) is 0 Å². The topological polar surface area (TPSA) is 38.9 Å². The number of nitrogens with zero attached hydrogens (tertiary/aromatic N) is 1. The minimum atomic E-state index is 0.226. The van der Waals surface area contributed by atoms with Crippen molar-refractivity contribution < 1.29 is 0 Å². The van der Waals surface area contributed by atoms with Crippen LogP contribution in [0.1, 0.15) is 17.0 Å². The number of hydrogen-bond acceptors (Lipinski definition) is 2. The molecule has 0 fully saturated rings. The van der Waals surface area contributed by atoms with Gasteiger partial charge in [-0.3, -0.25) is 4.98 Å². The molecule has 1 aromatic heterocycles. The first-order valence-electron chi connectivity index (χ1n) is 5.74. The largest absolute Gasteiger partial charge is 0.330 e. The Labute approximate surface area is 117 Å². The fourth-order valence-electron chi connectivity index (χ4n) is 1.91. The Balaban J connectivity index is 2.20. The van der Waals surface area contributed by atoms with E-state index in [0.29, 0.717) is 16.6 Å². The highest BCUT2D eigenvalue weighted by atomic mass is 35.5. The van der Waals surface area contributed by atoms with E-state index in [2.05, 4.69) is 4.98 Å². The second-order valence-electron chi connectivity index (χ2n) is 4.17. The van der Waals surface area contributed by atoms with E-state index in [1.54, 1.807) is 6.20 Å². The fourth-order valence-corrected chi connectivity index (χ4v) is 2.21. The van der Waals surface area contributed by atoms with Crippen molar-refractivity contribution >= 4 is 23.2 Å². The van der Waals surface area contributed by atoms with Gasteiger partial charge in [-0.15, -0.1) is 0 Å². The van der Waals surface area contributed by atoms with Crippen LogP contribution in [-0.2, 0) is 6.42 Å². The van der Waals surface area contributed by atoms with Gasteiger partial charge in [-0.1, -0.05) is 35.3 Å². The maximum atomic E-state index is 6.03. The molecular formula is C14H14Cl2N2. The SMILES string of the molecule is NCC(Cc1cccnc1)c1ccc(Cl)c(Cl)c1. The van der Waals surface area contributed by atoms with E-state index >= 15 is 0 Å². The molecule has 2 aromatic rings. The van der Waals surface area contributed by atoms with Crippen molar-refractivity contribution in [3.05, 3.63) is 63.9 Å². The van der Waals surface area contributed by atoms with Gasteiger partial charge in [0, 0.05) is 18.3 Å². The number of benzene rings is 1. The molecule has 0 amide bonds. The summed E-state index contributed by atoms with van der Waals surface area (Å²) < 4.78 is 0. The van der Waals surface area contributed by atoms with Crippen molar-refractivity contribution in [2.75, 3.05) is 6.54 Å². The molecule has 1 atom stereocenters. The molecule has 0 spiro atoms. The van der Waals surface area contributed by atoms with Gasteiger partial charge in [-0.2, -0.15) is 0 Å². The van der Waals surface area contributed by atoms with Gasteiger partial charge in [0.1, 0.15) is 0 Å². The Morgan fingerprint density at radius 1 is 1.17 bits per heavy atom. The summed E-state index contributed by atoms with van der Waals surface area (Å²) in [4.78, 5) is 4.11. The molecule has 2 N–H and O–H groups in total. The summed E-state index contributed by atoms with van der Waals surface area (Å²) in [6, 6.07) is 9.65. The van der Waals surface area contributed by atoms with Crippen molar-refractivity contribution in [1.29, 1.82) is 0 Å². The quantitative estimate of drug-likeness (QED) is 0.928. The van der Waals surface area contributed by atoms with Crippen LogP contribution >= 0.6 is 23.2 Å². The van der Waals surface area contributed by atoms with Gasteiger partial charge >= 0.3 is 0 Å². The number of aromatic nitrogens is 1. The van der Waals surface area contributed by atoms with Gasteiger partial charge < -0.3 is 5.73 Å². The fraction of sp³-hybridized carbons (Fsp3) is 0.214. The first-order valence-corrected chi connectivity index (χ1v) is 6.50. The van der Waals surface area contributed by atoms with Crippen LogP contribution in [0.15, 0.2) is 42.7 Å². The first-order chi connectivity index (χ1) is 8.70. The van der Waals surface area contributed by atoms with E-state index in [1.807, 2.05) is 36.5 Å². The standard InChI is InChI=1S/C14H14Cl2N2/c15-13-4-3-11(7-14(13)16)12(8-17)6-10-2-1-5-18-9-10/h1-5,7,9,12H,6,8,17H2. The van der Waals surface area contributed by atoms with Crippen LogP contribution in [0.4, 0.5) is 0 Å². The van der Waals surface area contributed by atoms with Gasteiger partial charge in [0.15, 0.2) is 0 Å². The monoisotopic (exact) mass is 280 g/mol. The molecule has 94 valence electrons. The van der Waals surface area contributed by atoms with E-state index in [9.17, 15) is 0 Å². The van der Waals surface area contributed by atoms with Gasteiger partial charge in [0.25, 0.3) is 0 Å². The van der Waals surface area contributed by atoms with E-state index in [0.717, 1.165) is 12.0 Å². The molecule has 0 aliphatic heterocycles. The summed E-state index contributed by atoms with van der Waals surface area (Å²) in [5.74, 6) is 0.226. The molecular weight excluding hydrogens is 267 g/mol. The van der Waals surface area contributed by atoms with Gasteiger partial charge in [-0.25, -0.2) is 0 Å². The Kier molecular flexibility index (Phi) is 4.59. The summed E-state index contributed by atoms with van der Waals surface area (Å²) in [5.41, 5.74) is 8.12. The van der Waals surface area contributed by atoms with Crippen molar-refractivity contribution in [1.82, 2.24) is 4.98 Å². The number of halogens is 2. The molecule has 4 heteroatoms. The molecule has 0 bridgehead atoms. The number of rotatable bonds is 4. The lowest BCUT2D eigenvalue weighted by Crippen LogP contribution is -2.15. The summed E-state index contributed by atoms with van der Waals surface area (Å²) >= 11 is 11.9. The molecule has 2 nitrogen and oxygen atoms in total. The van der Waals surface area contributed by atoms with Gasteiger partial charge in [-0.05, 0) is 42.3 Å². The minimum Gasteiger partial charge on any atom is -0.330 e. The molecule has 1 unspecified atom stereocenters. The zero-order valence-corrected chi connectivity index (χ0v) is 11.3. The molecule has 0 saturated carbocycles. The van der Waals surface area contributed by atoms with Crippen LogP contribution in [0.5, 0.6) is 0 Å². The molecule has 0 radical (unpaired) electrons.